The Morgan fingerprint density at radius 2 is 1.73 bits per heavy atom. The molecule has 26 heavy (non-hydrogen) atoms. The van der Waals surface area contributed by atoms with Crippen molar-refractivity contribution in [2.45, 2.75) is 45.7 Å². The molecule has 1 atom stereocenters. The summed E-state index contributed by atoms with van der Waals surface area (Å²) < 4.78 is 19.5. The van der Waals surface area contributed by atoms with Crippen LogP contribution < -0.4 is 5.32 Å². The van der Waals surface area contributed by atoms with E-state index in [0.717, 1.165) is 5.56 Å². The van der Waals surface area contributed by atoms with E-state index >= 15 is 0 Å². The molecule has 0 saturated carbocycles. The molecular formula is C21H24FN3O. The van der Waals surface area contributed by atoms with Gasteiger partial charge in [0.25, 0.3) is 0 Å². The zero-order chi connectivity index (χ0) is 18.7. The van der Waals surface area contributed by atoms with Crippen LogP contribution in [0.1, 0.15) is 50.8 Å². The lowest BCUT2D eigenvalue weighted by atomic mass is 9.87. The van der Waals surface area contributed by atoms with Crippen molar-refractivity contribution < 1.29 is 8.81 Å². The number of benzene rings is 2. The van der Waals surface area contributed by atoms with Crippen LogP contribution in [-0.2, 0) is 12.0 Å². The predicted molar refractivity (Wildman–Crippen MR) is 100 cm³/mol. The van der Waals surface area contributed by atoms with Crippen LogP contribution in [-0.4, -0.2) is 10.2 Å². The van der Waals surface area contributed by atoms with Gasteiger partial charge in [-0.3, -0.25) is 0 Å². The van der Waals surface area contributed by atoms with Crippen LogP contribution in [0.2, 0.25) is 0 Å². The Morgan fingerprint density at radius 1 is 1.04 bits per heavy atom. The first-order valence-electron chi connectivity index (χ1n) is 8.75. The second kappa shape index (κ2) is 7.38. The van der Waals surface area contributed by atoms with E-state index in [1.807, 2.05) is 25.1 Å². The molecule has 4 nitrogen and oxygen atoms in total. The van der Waals surface area contributed by atoms with Gasteiger partial charge in [0, 0.05) is 17.2 Å². The third-order valence-electron chi connectivity index (χ3n) is 4.40. The summed E-state index contributed by atoms with van der Waals surface area (Å²) in [6.45, 7) is 8.81. The Kier molecular flexibility index (Phi) is 5.18. The van der Waals surface area contributed by atoms with E-state index in [9.17, 15) is 4.39 Å². The minimum absolute atomic E-state index is 0.102. The molecule has 1 aromatic heterocycles. The van der Waals surface area contributed by atoms with Gasteiger partial charge in [0.1, 0.15) is 5.82 Å². The zero-order valence-electron chi connectivity index (χ0n) is 15.6. The molecule has 0 radical (unpaired) electrons. The van der Waals surface area contributed by atoms with Crippen LogP contribution in [0.3, 0.4) is 0 Å². The van der Waals surface area contributed by atoms with Crippen molar-refractivity contribution in [3.8, 4) is 11.5 Å². The summed E-state index contributed by atoms with van der Waals surface area (Å²) in [6.07, 6.45) is 0. The van der Waals surface area contributed by atoms with Crippen molar-refractivity contribution in [3.05, 3.63) is 71.4 Å². The Hall–Kier alpha value is -2.53. The van der Waals surface area contributed by atoms with Crippen molar-refractivity contribution >= 4 is 0 Å². The summed E-state index contributed by atoms with van der Waals surface area (Å²) >= 11 is 0. The average Bonchev–Trinajstić information content (AvgIpc) is 3.08. The lowest BCUT2D eigenvalue weighted by molar-refractivity contribution is 0.447. The number of nitrogens with zero attached hydrogens (tertiary/aromatic N) is 2. The normalized spacial score (nSPS) is 13.0. The van der Waals surface area contributed by atoms with E-state index in [0.29, 0.717) is 23.9 Å². The maximum Gasteiger partial charge on any atom is 0.247 e. The van der Waals surface area contributed by atoms with Gasteiger partial charge in [-0.05, 0) is 36.1 Å². The van der Waals surface area contributed by atoms with E-state index < -0.39 is 0 Å². The minimum Gasteiger partial charge on any atom is -0.419 e. The summed E-state index contributed by atoms with van der Waals surface area (Å²) in [5.41, 5.74) is 2.86. The van der Waals surface area contributed by atoms with Gasteiger partial charge in [-0.25, -0.2) is 4.39 Å². The van der Waals surface area contributed by atoms with Gasteiger partial charge < -0.3 is 9.73 Å². The van der Waals surface area contributed by atoms with E-state index in [4.69, 9.17) is 4.42 Å². The molecule has 3 rings (SSSR count). The molecule has 5 heteroatoms. The molecule has 0 amide bonds. The molecule has 1 unspecified atom stereocenters. The van der Waals surface area contributed by atoms with Crippen molar-refractivity contribution in [1.82, 2.24) is 15.5 Å². The fourth-order valence-electron chi connectivity index (χ4n) is 2.73. The maximum atomic E-state index is 13.8. The molecule has 0 aliphatic rings. The van der Waals surface area contributed by atoms with Gasteiger partial charge in [-0.15, -0.1) is 10.2 Å². The van der Waals surface area contributed by atoms with Gasteiger partial charge in [-0.2, -0.15) is 0 Å². The highest BCUT2D eigenvalue weighted by atomic mass is 19.1. The highest BCUT2D eigenvalue weighted by Crippen LogP contribution is 2.25. The number of hydrogen-bond donors (Lipinski definition) is 1. The maximum absolute atomic E-state index is 13.8. The summed E-state index contributed by atoms with van der Waals surface area (Å²) in [4.78, 5) is 0. The first-order chi connectivity index (χ1) is 12.3. The van der Waals surface area contributed by atoms with Gasteiger partial charge in [0.15, 0.2) is 0 Å². The van der Waals surface area contributed by atoms with Crippen LogP contribution in [0.15, 0.2) is 52.9 Å². The Bertz CT molecular complexity index is 865. The Balaban J connectivity index is 1.66. The number of aromatic nitrogens is 2. The van der Waals surface area contributed by atoms with Crippen LogP contribution >= 0.6 is 0 Å². The Labute approximate surface area is 153 Å². The standard InChI is InChI=1S/C21H24FN3O/c1-14(17-7-5-6-8-18(17)22)23-13-19-24-25-20(26-19)15-9-11-16(12-10-15)21(2,3)4/h5-12,14,23H,13H2,1-4H3. The quantitative estimate of drug-likeness (QED) is 0.699. The summed E-state index contributed by atoms with van der Waals surface area (Å²) in [6, 6.07) is 14.7. The number of hydrogen-bond acceptors (Lipinski definition) is 4. The number of rotatable bonds is 5. The molecule has 2 aromatic carbocycles. The Morgan fingerprint density at radius 3 is 2.38 bits per heavy atom. The lowest BCUT2D eigenvalue weighted by Crippen LogP contribution is -2.19. The highest BCUT2D eigenvalue weighted by molar-refractivity contribution is 5.53. The fraction of sp³-hybridized carbons (Fsp3) is 0.333. The predicted octanol–water partition coefficient (Wildman–Crippen LogP) is 5.02. The summed E-state index contributed by atoms with van der Waals surface area (Å²) in [5.74, 6) is 0.738. The third-order valence-corrected chi connectivity index (χ3v) is 4.40. The molecule has 0 fully saturated rings. The van der Waals surface area contributed by atoms with Crippen molar-refractivity contribution in [3.63, 3.8) is 0 Å². The second-order valence-electron chi connectivity index (χ2n) is 7.45. The fourth-order valence-corrected chi connectivity index (χ4v) is 2.73. The average molecular weight is 353 g/mol. The van der Waals surface area contributed by atoms with Gasteiger partial charge in [0.2, 0.25) is 11.8 Å². The van der Waals surface area contributed by atoms with E-state index in [-0.39, 0.29) is 17.3 Å². The molecule has 1 N–H and O–H groups in total. The summed E-state index contributed by atoms with van der Waals surface area (Å²) in [5, 5.41) is 11.4. The van der Waals surface area contributed by atoms with E-state index in [2.05, 4.69) is 48.4 Å². The molecule has 1 heterocycles. The van der Waals surface area contributed by atoms with Gasteiger partial charge in [-0.1, -0.05) is 51.1 Å². The van der Waals surface area contributed by atoms with Crippen molar-refractivity contribution in [1.29, 1.82) is 0 Å². The molecule has 0 saturated heterocycles. The molecule has 0 aliphatic heterocycles. The van der Waals surface area contributed by atoms with E-state index in [1.165, 1.54) is 11.6 Å². The van der Waals surface area contributed by atoms with Crippen LogP contribution in [0.4, 0.5) is 4.39 Å². The first kappa shape index (κ1) is 18.3. The molecule has 0 spiro atoms. The summed E-state index contributed by atoms with van der Waals surface area (Å²) in [7, 11) is 0. The van der Waals surface area contributed by atoms with Gasteiger partial charge >= 0.3 is 0 Å². The number of nitrogens with one attached hydrogen (secondary N) is 1. The zero-order valence-corrected chi connectivity index (χ0v) is 15.6. The van der Waals surface area contributed by atoms with Crippen molar-refractivity contribution in [2.75, 3.05) is 0 Å². The SMILES string of the molecule is CC(NCc1nnc(-c2ccc(C(C)(C)C)cc2)o1)c1ccccc1F. The van der Waals surface area contributed by atoms with Crippen LogP contribution in [0.25, 0.3) is 11.5 Å². The molecule has 0 aliphatic carbocycles. The highest BCUT2D eigenvalue weighted by Gasteiger charge is 2.15. The molecule has 136 valence electrons. The molecule has 0 bridgehead atoms. The topological polar surface area (TPSA) is 51.0 Å². The van der Waals surface area contributed by atoms with Crippen LogP contribution in [0.5, 0.6) is 0 Å². The van der Waals surface area contributed by atoms with Gasteiger partial charge in [0.05, 0.1) is 6.54 Å². The first-order valence-corrected chi connectivity index (χ1v) is 8.75. The number of halogens is 1. The third kappa shape index (κ3) is 4.17. The molecular weight excluding hydrogens is 329 g/mol. The van der Waals surface area contributed by atoms with E-state index in [1.54, 1.807) is 12.1 Å². The molecule has 3 aromatic rings. The van der Waals surface area contributed by atoms with Crippen LogP contribution in [0, 0.1) is 5.82 Å². The monoisotopic (exact) mass is 353 g/mol. The van der Waals surface area contributed by atoms with Crippen molar-refractivity contribution in [2.24, 2.45) is 0 Å². The smallest absolute Gasteiger partial charge is 0.247 e. The second-order valence-corrected chi connectivity index (χ2v) is 7.45. The minimum atomic E-state index is -0.224. The largest absolute Gasteiger partial charge is 0.419 e. The lowest BCUT2D eigenvalue weighted by Gasteiger charge is -2.18.